The third-order valence-corrected chi connectivity index (χ3v) is 23.9. The molecule has 4 nitrogen and oxygen atoms in total. The standard InChI is InChI=1S/2C60H41NO/c1-3-10-42(11-4-1)44-18-22-46(23-19-44)47-26-28-50(29-27-47)52-14-9-15-53(40-52)51-32-36-55(37-33-51)61(56-38-39-58-57-16-7-8-17-59(57)62-60(58)41-56)54-34-30-49(31-35-54)48-24-20-45(21-25-48)43-12-5-2-6-13-43;1-3-10-42(11-4-1)44-18-20-46(21-19-44)48-30-34-54(35-31-48)61(56-38-39-58-57-16-7-8-17-59(57)62-60(58)41-56)55-36-32-49(33-37-55)47-24-28-51(29-25-47)53-15-9-14-52(40-53)50-26-22-45(23-27-50)43-12-5-2-6-13-43/h2*1-41H. The van der Waals surface area contributed by atoms with Gasteiger partial charge in [0.15, 0.2) is 0 Å². The first-order valence-electron chi connectivity index (χ1n) is 42.3. The number of hydrogen-bond acceptors (Lipinski definition) is 4. The minimum absolute atomic E-state index is 0.867. The molecule has 2 aromatic heterocycles. The van der Waals surface area contributed by atoms with Crippen molar-refractivity contribution in [3.63, 3.8) is 0 Å². The van der Waals surface area contributed by atoms with Gasteiger partial charge in [0.1, 0.15) is 22.3 Å². The third kappa shape index (κ3) is 15.7. The van der Waals surface area contributed by atoms with Crippen molar-refractivity contribution in [1.82, 2.24) is 0 Å². The van der Waals surface area contributed by atoms with Gasteiger partial charge in [0, 0.05) is 67.8 Å². The summed E-state index contributed by atoms with van der Waals surface area (Å²) in [6.45, 7) is 0. The summed E-state index contributed by atoms with van der Waals surface area (Å²) in [6, 6.07) is 178. The van der Waals surface area contributed by atoms with Crippen molar-refractivity contribution in [1.29, 1.82) is 0 Å². The molecule has 0 spiro atoms. The van der Waals surface area contributed by atoms with Crippen LogP contribution in [0.3, 0.4) is 0 Å². The van der Waals surface area contributed by atoms with Gasteiger partial charge < -0.3 is 18.6 Å². The lowest BCUT2D eigenvalue weighted by Crippen LogP contribution is -2.09. The van der Waals surface area contributed by atoms with Crippen LogP contribution in [-0.2, 0) is 0 Å². The van der Waals surface area contributed by atoms with Crippen molar-refractivity contribution in [2.75, 3.05) is 9.80 Å². The highest BCUT2D eigenvalue weighted by Crippen LogP contribution is 2.44. The van der Waals surface area contributed by atoms with Crippen LogP contribution in [0, 0.1) is 0 Å². The van der Waals surface area contributed by atoms with E-state index in [2.05, 4.69) is 483 Å². The van der Waals surface area contributed by atoms with Crippen molar-refractivity contribution in [3.8, 4) is 134 Å². The normalized spacial score (nSPS) is 11.2. The van der Waals surface area contributed by atoms with E-state index >= 15 is 0 Å². The zero-order valence-corrected chi connectivity index (χ0v) is 68.1. The highest BCUT2D eigenvalue weighted by atomic mass is 16.3. The van der Waals surface area contributed by atoms with Gasteiger partial charge >= 0.3 is 0 Å². The Morgan fingerprint density at radius 2 is 0.266 bits per heavy atom. The summed E-state index contributed by atoms with van der Waals surface area (Å²) in [7, 11) is 0. The second-order valence-electron chi connectivity index (χ2n) is 31.5. The molecule has 584 valence electrons. The molecular weight excluding hydrogens is 1500 g/mol. The van der Waals surface area contributed by atoms with Gasteiger partial charge in [0.2, 0.25) is 0 Å². The fourth-order valence-corrected chi connectivity index (χ4v) is 17.2. The van der Waals surface area contributed by atoms with Gasteiger partial charge in [-0.2, -0.15) is 0 Å². The monoisotopic (exact) mass is 1580 g/mol. The lowest BCUT2D eigenvalue weighted by Gasteiger charge is -2.26. The number of anilines is 6. The third-order valence-electron chi connectivity index (χ3n) is 23.9. The molecule has 0 unspecified atom stereocenters. The molecule has 4 heteroatoms. The summed E-state index contributed by atoms with van der Waals surface area (Å²) in [5.41, 5.74) is 38.6. The molecule has 0 saturated heterocycles. The fraction of sp³-hybridized carbons (Fsp3) is 0. The van der Waals surface area contributed by atoms with Crippen LogP contribution in [0.15, 0.2) is 506 Å². The van der Waals surface area contributed by atoms with E-state index in [-0.39, 0.29) is 0 Å². The summed E-state index contributed by atoms with van der Waals surface area (Å²) in [4.78, 5) is 4.62. The summed E-state index contributed by atoms with van der Waals surface area (Å²) in [6.07, 6.45) is 0. The first-order chi connectivity index (χ1) is 61.4. The number of para-hydroxylation sites is 2. The maximum Gasteiger partial charge on any atom is 0.137 e. The summed E-state index contributed by atoms with van der Waals surface area (Å²) in [5.74, 6) is 0. The van der Waals surface area contributed by atoms with Crippen molar-refractivity contribution >= 4 is 78.0 Å². The van der Waals surface area contributed by atoms with Crippen molar-refractivity contribution in [3.05, 3.63) is 497 Å². The molecule has 0 aliphatic carbocycles. The van der Waals surface area contributed by atoms with Gasteiger partial charge in [0.25, 0.3) is 0 Å². The summed E-state index contributed by atoms with van der Waals surface area (Å²) < 4.78 is 12.8. The number of rotatable bonds is 18. The predicted octanol–water partition coefficient (Wildman–Crippen LogP) is 34.1. The van der Waals surface area contributed by atoms with Crippen LogP contribution >= 0.6 is 0 Å². The van der Waals surface area contributed by atoms with Crippen LogP contribution < -0.4 is 9.80 Å². The lowest BCUT2D eigenvalue weighted by atomic mass is 9.96. The minimum atomic E-state index is 0.867. The Hall–Kier alpha value is -16.4. The highest BCUT2D eigenvalue weighted by molar-refractivity contribution is 6.07. The lowest BCUT2D eigenvalue weighted by molar-refractivity contribution is 0.668. The Kier molecular flexibility index (Phi) is 20.5. The maximum absolute atomic E-state index is 6.38. The van der Waals surface area contributed by atoms with E-state index in [0.29, 0.717) is 0 Å². The average molecular weight is 1580 g/mol. The molecule has 22 aromatic rings. The quantitative estimate of drug-likeness (QED) is 0.0857. The Morgan fingerprint density at radius 1 is 0.105 bits per heavy atom. The second-order valence-corrected chi connectivity index (χ2v) is 31.5. The molecule has 2 heterocycles. The molecule has 22 rings (SSSR count). The molecular formula is C120H82N2O2. The number of furan rings is 2. The van der Waals surface area contributed by atoms with E-state index in [0.717, 1.165) is 89.1 Å². The first-order valence-corrected chi connectivity index (χ1v) is 42.3. The molecule has 0 fully saturated rings. The molecule has 0 aliphatic heterocycles. The molecule has 0 atom stereocenters. The molecule has 0 radical (unpaired) electrons. The Morgan fingerprint density at radius 3 is 0.492 bits per heavy atom. The van der Waals surface area contributed by atoms with Crippen LogP contribution in [0.2, 0.25) is 0 Å². The molecule has 0 N–H and O–H groups in total. The van der Waals surface area contributed by atoms with E-state index in [1.54, 1.807) is 0 Å². The smallest absolute Gasteiger partial charge is 0.137 e. The molecule has 0 amide bonds. The van der Waals surface area contributed by atoms with Gasteiger partial charge in [-0.25, -0.2) is 0 Å². The minimum Gasteiger partial charge on any atom is -0.456 e. The van der Waals surface area contributed by atoms with E-state index < -0.39 is 0 Å². The predicted molar refractivity (Wildman–Crippen MR) is 522 cm³/mol. The fourth-order valence-electron chi connectivity index (χ4n) is 17.2. The number of fused-ring (bicyclic) bond motifs is 6. The first kappa shape index (κ1) is 75.1. The van der Waals surface area contributed by atoms with Crippen LogP contribution in [0.5, 0.6) is 0 Å². The maximum atomic E-state index is 6.38. The Bertz CT molecular complexity index is 7460. The molecule has 0 bridgehead atoms. The van der Waals surface area contributed by atoms with Gasteiger partial charge in [-0.1, -0.05) is 388 Å². The van der Waals surface area contributed by atoms with Gasteiger partial charge in [-0.15, -0.1) is 0 Å². The zero-order chi connectivity index (χ0) is 82.5. The number of hydrogen-bond donors (Lipinski definition) is 0. The number of nitrogens with zero attached hydrogens (tertiary/aromatic N) is 2. The summed E-state index contributed by atoms with van der Waals surface area (Å²) >= 11 is 0. The van der Waals surface area contributed by atoms with Crippen molar-refractivity contribution in [2.45, 2.75) is 0 Å². The van der Waals surface area contributed by atoms with Crippen LogP contribution in [0.4, 0.5) is 34.1 Å². The zero-order valence-electron chi connectivity index (χ0n) is 68.1. The van der Waals surface area contributed by atoms with Crippen molar-refractivity contribution < 1.29 is 8.83 Å². The topological polar surface area (TPSA) is 32.8 Å². The molecule has 20 aromatic carbocycles. The van der Waals surface area contributed by atoms with E-state index in [1.807, 2.05) is 24.3 Å². The van der Waals surface area contributed by atoms with Crippen molar-refractivity contribution in [2.24, 2.45) is 0 Å². The molecule has 124 heavy (non-hydrogen) atoms. The van der Waals surface area contributed by atoms with Crippen LogP contribution in [0.25, 0.3) is 177 Å². The van der Waals surface area contributed by atoms with Gasteiger partial charge in [0.05, 0.1) is 0 Å². The van der Waals surface area contributed by atoms with E-state index in [9.17, 15) is 0 Å². The van der Waals surface area contributed by atoms with E-state index in [1.165, 1.54) is 122 Å². The van der Waals surface area contributed by atoms with E-state index in [4.69, 9.17) is 8.83 Å². The largest absolute Gasteiger partial charge is 0.456 e. The molecule has 0 aliphatic rings. The average Bonchev–Trinajstić information content (AvgIpc) is 1.43. The highest BCUT2D eigenvalue weighted by Gasteiger charge is 2.20. The van der Waals surface area contributed by atoms with Crippen LogP contribution in [0.1, 0.15) is 0 Å². The Labute approximate surface area is 722 Å². The van der Waals surface area contributed by atoms with Crippen LogP contribution in [-0.4, -0.2) is 0 Å². The Balaban J connectivity index is 0.000000152. The summed E-state index contributed by atoms with van der Waals surface area (Å²) in [5, 5.41) is 4.47. The molecule has 0 saturated carbocycles. The van der Waals surface area contributed by atoms with Gasteiger partial charge in [-0.05, 0) is 231 Å². The SMILES string of the molecule is c1ccc(-c2ccc(-c3ccc(-c4cccc(-c5ccc(N(c6ccc(-c7ccc(-c8ccccc8)cc7)cc6)c6ccc7c(c6)oc6ccccc67)cc5)c4)cc3)cc2)cc1.c1ccc(-c2ccc(-c3ccc(N(c4ccc(-c5ccc(-c6cccc(-c7ccc(-c8ccccc8)cc7)c6)cc5)cc4)c4ccc5c(c4)oc4ccccc45)cc3)cc2)cc1. The second kappa shape index (κ2) is 33.8. The van der Waals surface area contributed by atoms with Gasteiger partial charge in [-0.3, -0.25) is 0 Å². The number of benzene rings is 20.